The van der Waals surface area contributed by atoms with Crippen LogP contribution in [-0.2, 0) is 11.3 Å². The van der Waals surface area contributed by atoms with Gasteiger partial charge in [0.2, 0.25) is 0 Å². The van der Waals surface area contributed by atoms with E-state index in [2.05, 4.69) is 31.4 Å². The number of aromatic nitrogens is 5. The molecule has 46 heavy (non-hydrogen) atoms. The maximum Gasteiger partial charge on any atom is 0.274 e. The second-order valence-electron chi connectivity index (χ2n) is 12.9. The molecule has 0 saturated carbocycles. The smallest absolute Gasteiger partial charge is 0.274 e. The van der Waals surface area contributed by atoms with Crippen molar-refractivity contribution in [2.75, 3.05) is 71.0 Å². The molecule has 5 fully saturated rings. The van der Waals surface area contributed by atoms with Crippen LogP contribution in [0.1, 0.15) is 22.5 Å². The Morgan fingerprint density at radius 3 is 2.63 bits per heavy atom. The standard InChI is InChI=1S/C33H38N10O3/c1-45-8-7-41-5-4-30(38-41)33(44)43-26-10-27(43)20-40(19-26)31-3-2-22(15-36-31)29-11-28(21-42-32(29)23(12-34)16-37-42)46-9-6-39-17-24-13-35-14-25(24)18-39/h2-5,11,15-16,21,24-27,35H,6-10,13-14,17-20H2,1H3. The minimum atomic E-state index is -0.0131. The normalized spacial score (nSPS) is 23.8. The first-order valence-electron chi connectivity index (χ1n) is 16.1. The van der Waals surface area contributed by atoms with Crippen LogP contribution in [0.5, 0.6) is 5.75 Å². The van der Waals surface area contributed by atoms with E-state index in [1.807, 2.05) is 41.7 Å². The van der Waals surface area contributed by atoms with Crippen molar-refractivity contribution >= 4 is 17.2 Å². The van der Waals surface area contributed by atoms with Crippen LogP contribution in [0.3, 0.4) is 0 Å². The first-order chi connectivity index (χ1) is 22.6. The van der Waals surface area contributed by atoms with Crippen LogP contribution in [0.15, 0.2) is 49.1 Å². The van der Waals surface area contributed by atoms with Crippen molar-refractivity contribution < 1.29 is 14.3 Å². The summed E-state index contributed by atoms with van der Waals surface area (Å²) in [5.41, 5.74) is 3.47. The molecule has 9 heterocycles. The van der Waals surface area contributed by atoms with Gasteiger partial charge >= 0.3 is 0 Å². The van der Waals surface area contributed by atoms with Crippen molar-refractivity contribution in [1.29, 1.82) is 5.26 Å². The van der Waals surface area contributed by atoms with Gasteiger partial charge in [-0.2, -0.15) is 15.5 Å². The monoisotopic (exact) mass is 622 g/mol. The molecule has 4 atom stereocenters. The average Bonchev–Trinajstić information content (AvgIpc) is 3.88. The molecule has 0 radical (unpaired) electrons. The molecular formula is C33H38N10O3. The number of hydrogen-bond acceptors (Lipinski definition) is 10. The Morgan fingerprint density at radius 2 is 1.89 bits per heavy atom. The fourth-order valence-corrected chi connectivity index (χ4v) is 7.68. The van der Waals surface area contributed by atoms with Gasteiger partial charge in [0.15, 0.2) is 0 Å². The van der Waals surface area contributed by atoms with Gasteiger partial charge in [-0.15, -0.1) is 0 Å². The second kappa shape index (κ2) is 12.0. The van der Waals surface area contributed by atoms with Crippen molar-refractivity contribution in [1.82, 2.24) is 39.5 Å². The van der Waals surface area contributed by atoms with Crippen molar-refractivity contribution in [2.24, 2.45) is 11.8 Å². The zero-order valence-electron chi connectivity index (χ0n) is 26.0. The number of hydrogen-bond donors (Lipinski definition) is 1. The van der Waals surface area contributed by atoms with E-state index in [0.29, 0.717) is 36.8 Å². The Balaban J connectivity index is 0.946. The zero-order valence-corrected chi connectivity index (χ0v) is 26.0. The SMILES string of the molecule is COCCn1ccc(C(=O)N2C3CC2CN(c2ccc(-c4cc(OCCN5CC6CNCC6C5)cn5ncc(C#N)c45)cn2)C3)n1. The van der Waals surface area contributed by atoms with E-state index in [0.717, 1.165) is 86.5 Å². The number of nitrogens with zero attached hydrogens (tertiary/aromatic N) is 9. The lowest BCUT2D eigenvalue weighted by Gasteiger charge is -2.56. The highest BCUT2D eigenvalue weighted by atomic mass is 16.5. The first kappa shape index (κ1) is 28.9. The number of nitrogens with one attached hydrogen (secondary N) is 1. The van der Waals surface area contributed by atoms with Crippen LogP contribution in [0, 0.1) is 23.2 Å². The fraction of sp³-hybridized carbons (Fsp3) is 0.485. The average molecular weight is 623 g/mol. The Morgan fingerprint density at radius 1 is 1.07 bits per heavy atom. The van der Waals surface area contributed by atoms with Gasteiger partial charge < -0.3 is 24.6 Å². The van der Waals surface area contributed by atoms with Gasteiger partial charge in [-0.05, 0) is 55.6 Å². The van der Waals surface area contributed by atoms with Crippen LogP contribution in [0.4, 0.5) is 5.82 Å². The van der Waals surface area contributed by atoms with Crippen LogP contribution in [-0.4, -0.2) is 118 Å². The number of rotatable bonds is 10. The predicted octanol–water partition coefficient (Wildman–Crippen LogP) is 1.74. The van der Waals surface area contributed by atoms with Crippen molar-refractivity contribution in [2.45, 2.75) is 25.0 Å². The van der Waals surface area contributed by atoms with E-state index in [9.17, 15) is 10.1 Å². The number of fused-ring (bicyclic) bond motifs is 4. The third kappa shape index (κ3) is 5.26. The highest BCUT2D eigenvalue weighted by Crippen LogP contribution is 2.36. The summed E-state index contributed by atoms with van der Waals surface area (Å²) in [6.07, 6.45) is 8.12. The number of amides is 1. The molecule has 4 aromatic heterocycles. The van der Waals surface area contributed by atoms with Gasteiger partial charge in [0.1, 0.15) is 29.9 Å². The topological polar surface area (TPSA) is 129 Å². The minimum absolute atomic E-state index is 0.0131. The summed E-state index contributed by atoms with van der Waals surface area (Å²) >= 11 is 0. The molecule has 4 aromatic rings. The largest absolute Gasteiger partial charge is 0.491 e. The number of anilines is 1. The number of carbonyl (C=O) groups is 1. The molecular weight excluding hydrogens is 584 g/mol. The van der Waals surface area contributed by atoms with Gasteiger partial charge in [0.25, 0.3) is 5.91 Å². The molecule has 5 aliphatic heterocycles. The molecule has 5 saturated heterocycles. The van der Waals surface area contributed by atoms with Gasteiger partial charge in [-0.25, -0.2) is 9.50 Å². The highest BCUT2D eigenvalue weighted by Gasteiger charge is 2.48. The summed E-state index contributed by atoms with van der Waals surface area (Å²) in [6, 6.07) is 10.4. The first-order valence-corrected chi connectivity index (χ1v) is 16.1. The lowest BCUT2D eigenvalue weighted by atomic mass is 9.87. The molecule has 2 bridgehead atoms. The number of piperidine rings is 1. The molecule has 9 rings (SSSR count). The van der Waals surface area contributed by atoms with E-state index < -0.39 is 0 Å². The van der Waals surface area contributed by atoms with Crippen LogP contribution < -0.4 is 15.0 Å². The predicted molar refractivity (Wildman–Crippen MR) is 170 cm³/mol. The summed E-state index contributed by atoms with van der Waals surface area (Å²) in [7, 11) is 1.65. The molecule has 1 N–H and O–H groups in total. The van der Waals surface area contributed by atoms with Gasteiger partial charge in [0.05, 0.1) is 48.7 Å². The van der Waals surface area contributed by atoms with Crippen molar-refractivity contribution in [3.63, 3.8) is 0 Å². The second-order valence-corrected chi connectivity index (χ2v) is 12.9. The number of likely N-dealkylation sites (tertiary alicyclic amines) is 1. The Labute approximate surface area is 267 Å². The lowest BCUT2D eigenvalue weighted by molar-refractivity contribution is 0.00515. The molecule has 0 aliphatic carbocycles. The summed E-state index contributed by atoms with van der Waals surface area (Å²) < 4.78 is 14.8. The number of piperazine rings is 1. The molecule has 4 unspecified atom stereocenters. The third-order valence-corrected chi connectivity index (χ3v) is 10.0. The quantitative estimate of drug-likeness (QED) is 0.279. The fourth-order valence-electron chi connectivity index (χ4n) is 7.68. The van der Waals surface area contributed by atoms with Gasteiger partial charge in [-0.3, -0.25) is 14.4 Å². The summed E-state index contributed by atoms with van der Waals surface area (Å²) in [5.74, 6) is 3.08. The number of ether oxygens (including phenoxy) is 2. The highest BCUT2D eigenvalue weighted by molar-refractivity contribution is 5.93. The molecule has 5 aliphatic rings. The number of nitriles is 1. The summed E-state index contributed by atoms with van der Waals surface area (Å²) in [4.78, 5) is 24.8. The Hall–Kier alpha value is -4.51. The molecule has 238 valence electrons. The maximum atomic E-state index is 13.3. The Bertz CT molecular complexity index is 1750. The van der Waals surface area contributed by atoms with Crippen LogP contribution in [0.25, 0.3) is 16.6 Å². The van der Waals surface area contributed by atoms with Crippen molar-refractivity contribution in [3.8, 4) is 22.9 Å². The van der Waals surface area contributed by atoms with E-state index >= 15 is 0 Å². The van der Waals surface area contributed by atoms with E-state index in [1.54, 1.807) is 28.6 Å². The van der Waals surface area contributed by atoms with Crippen molar-refractivity contribution in [3.05, 3.63) is 60.3 Å². The van der Waals surface area contributed by atoms with E-state index in [1.165, 1.54) is 0 Å². The van der Waals surface area contributed by atoms with E-state index in [-0.39, 0.29) is 18.0 Å². The summed E-state index contributed by atoms with van der Waals surface area (Å²) in [5, 5.41) is 22.2. The summed E-state index contributed by atoms with van der Waals surface area (Å²) in [6.45, 7) is 8.59. The maximum absolute atomic E-state index is 13.3. The van der Waals surface area contributed by atoms with Gasteiger partial charge in [0, 0.05) is 63.4 Å². The minimum Gasteiger partial charge on any atom is -0.491 e. The zero-order chi connectivity index (χ0) is 31.2. The lowest BCUT2D eigenvalue weighted by Crippen LogP contribution is -2.70. The third-order valence-electron chi connectivity index (χ3n) is 10.0. The molecule has 1 amide bonds. The van der Waals surface area contributed by atoms with Crippen LogP contribution >= 0.6 is 0 Å². The molecule has 13 nitrogen and oxygen atoms in total. The number of pyridine rings is 2. The van der Waals surface area contributed by atoms with Gasteiger partial charge in [-0.1, -0.05) is 0 Å². The van der Waals surface area contributed by atoms with Crippen LogP contribution in [0.2, 0.25) is 0 Å². The molecule has 0 spiro atoms. The molecule has 0 aromatic carbocycles. The number of methoxy groups -OCH3 is 1. The number of carbonyl (C=O) groups excluding carboxylic acids is 1. The van der Waals surface area contributed by atoms with E-state index in [4.69, 9.17) is 14.5 Å². The molecule has 13 heteroatoms. The Kier molecular flexibility index (Phi) is 7.56.